The van der Waals surface area contributed by atoms with E-state index in [0.717, 1.165) is 5.69 Å². The molecule has 1 N–H and O–H groups in total. The zero-order chi connectivity index (χ0) is 16.4. The Bertz CT molecular complexity index is 759. The quantitative estimate of drug-likeness (QED) is 0.905. The Hall–Kier alpha value is -2.95. The number of hydrogen-bond donors (Lipinski definition) is 1. The van der Waals surface area contributed by atoms with Gasteiger partial charge in [0.05, 0.1) is 17.8 Å². The van der Waals surface area contributed by atoms with Crippen LogP contribution in [-0.4, -0.2) is 50.2 Å². The number of nitriles is 1. The molecule has 1 saturated heterocycles. The monoisotopic (exact) mass is 312 g/mol. The second-order valence-electron chi connectivity index (χ2n) is 5.41. The van der Waals surface area contributed by atoms with Crippen molar-refractivity contribution in [2.24, 2.45) is 0 Å². The molecule has 3 rings (SSSR count). The minimum Gasteiger partial charge on any atom is -0.470 e. The lowest BCUT2D eigenvalue weighted by atomic mass is 10.2. The van der Waals surface area contributed by atoms with Crippen molar-refractivity contribution < 1.29 is 9.53 Å². The Morgan fingerprint density at radius 3 is 2.91 bits per heavy atom. The highest BCUT2D eigenvalue weighted by atomic mass is 16.5. The van der Waals surface area contributed by atoms with Gasteiger partial charge in [0.15, 0.2) is 0 Å². The summed E-state index contributed by atoms with van der Waals surface area (Å²) in [6.07, 6.45) is 3.41. The number of aromatic amines is 1. The normalized spacial score (nSPS) is 17.1. The number of nitrogens with one attached hydrogen (secondary N) is 1. The highest BCUT2D eigenvalue weighted by molar-refractivity contribution is 5.96. The summed E-state index contributed by atoms with van der Waals surface area (Å²) in [5.41, 5.74) is 2.22. The van der Waals surface area contributed by atoms with Crippen molar-refractivity contribution in [2.75, 3.05) is 13.1 Å². The molecule has 1 fully saturated rings. The predicted octanol–water partition coefficient (Wildman–Crippen LogP) is 0.982. The maximum Gasteiger partial charge on any atom is 0.257 e. The van der Waals surface area contributed by atoms with Crippen LogP contribution in [0.2, 0.25) is 0 Å². The molecule has 0 unspecified atom stereocenters. The van der Waals surface area contributed by atoms with E-state index >= 15 is 0 Å². The smallest absolute Gasteiger partial charge is 0.257 e. The fourth-order valence-corrected chi connectivity index (χ4v) is 2.68. The number of rotatable bonds is 3. The van der Waals surface area contributed by atoms with E-state index < -0.39 is 0 Å². The van der Waals surface area contributed by atoms with Gasteiger partial charge in [-0.25, -0.2) is 9.97 Å². The van der Waals surface area contributed by atoms with Crippen LogP contribution in [0.25, 0.3) is 0 Å². The molecule has 0 aromatic carbocycles. The molecule has 118 valence electrons. The summed E-state index contributed by atoms with van der Waals surface area (Å²) in [5, 5.41) is 15.9. The summed E-state index contributed by atoms with van der Waals surface area (Å²) in [6.45, 7) is 4.68. The Balaban J connectivity index is 1.69. The number of ether oxygens (including phenoxy) is 1. The first-order chi connectivity index (χ1) is 11.1. The summed E-state index contributed by atoms with van der Waals surface area (Å²) in [7, 11) is 0. The molecule has 1 amide bonds. The van der Waals surface area contributed by atoms with Crippen LogP contribution in [0.4, 0.5) is 0 Å². The number of H-pyrrole nitrogens is 1. The molecule has 23 heavy (non-hydrogen) atoms. The van der Waals surface area contributed by atoms with E-state index in [9.17, 15) is 4.79 Å². The number of nitrogens with zero attached hydrogens (tertiary/aromatic N) is 5. The molecule has 3 heterocycles. The van der Waals surface area contributed by atoms with Gasteiger partial charge < -0.3 is 9.64 Å². The summed E-state index contributed by atoms with van der Waals surface area (Å²) >= 11 is 0. The van der Waals surface area contributed by atoms with Gasteiger partial charge >= 0.3 is 0 Å². The first-order valence-electron chi connectivity index (χ1n) is 7.28. The minimum absolute atomic E-state index is 0.0560. The molecule has 1 aliphatic heterocycles. The summed E-state index contributed by atoms with van der Waals surface area (Å²) in [5.74, 6) is 0.157. The maximum absolute atomic E-state index is 12.6. The van der Waals surface area contributed by atoms with Gasteiger partial charge in [-0.1, -0.05) is 0 Å². The summed E-state index contributed by atoms with van der Waals surface area (Å²) < 4.78 is 5.74. The Morgan fingerprint density at radius 1 is 1.43 bits per heavy atom. The molecule has 2 aromatic rings. The fourth-order valence-electron chi connectivity index (χ4n) is 2.68. The molecule has 0 aliphatic carbocycles. The molecular formula is C15H16N6O2. The molecule has 0 bridgehead atoms. The molecule has 0 radical (unpaired) electrons. The molecular weight excluding hydrogens is 296 g/mol. The fraction of sp³-hybridized carbons (Fsp3) is 0.400. The van der Waals surface area contributed by atoms with E-state index in [1.54, 1.807) is 11.8 Å². The average Bonchev–Trinajstić information content (AvgIpc) is 3.14. The number of aromatic nitrogens is 4. The van der Waals surface area contributed by atoms with Crippen LogP contribution in [0, 0.1) is 25.2 Å². The van der Waals surface area contributed by atoms with Crippen LogP contribution >= 0.6 is 0 Å². The molecule has 8 nitrogen and oxygen atoms in total. The van der Waals surface area contributed by atoms with Gasteiger partial charge in [0.25, 0.3) is 11.8 Å². The Labute approximate surface area is 133 Å². The van der Waals surface area contributed by atoms with E-state index in [-0.39, 0.29) is 23.6 Å². The minimum atomic E-state index is -0.199. The first-order valence-corrected chi connectivity index (χ1v) is 7.28. The zero-order valence-corrected chi connectivity index (χ0v) is 12.9. The largest absolute Gasteiger partial charge is 0.470 e. The Kier molecular flexibility index (Phi) is 3.93. The van der Waals surface area contributed by atoms with Gasteiger partial charge in [0, 0.05) is 31.1 Å². The lowest BCUT2D eigenvalue weighted by molar-refractivity contribution is 0.0769. The number of aryl methyl sites for hydroxylation is 2. The van der Waals surface area contributed by atoms with Crippen molar-refractivity contribution in [3.63, 3.8) is 0 Å². The second kappa shape index (κ2) is 6.04. The molecule has 1 aliphatic rings. The summed E-state index contributed by atoms with van der Waals surface area (Å²) in [6, 6.07) is 1.95. The standard InChI is InChI=1S/C15H16N6O2/c1-9-13(10(2)20-19-9)15(22)21-6-3-11(8-21)23-14-12(7-16)17-4-5-18-14/h4-5,11H,3,6,8H2,1-2H3,(H,19,20)/t11-/m1/s1. The van der Waals surface area contributed by atoms with Gasteiger partial charge in [0.2, 0.25) is 5.69 Å². The second-order valence-corrected chi connectivity index (χ2v) is 5.41. The van der Waals surface area contributed by atoms with Crippen LogP contribution < -0.4 is 4.74 Å². The third-order valence-corrected chi connectivity index (χ3v) is 3.82. The van der Waals surface area contributed by atoms with E-state index in [4.69, 9.17) is 10.00 Å². The molecule has 0 spiro atoms. The van der Waals surface area contributed by atoms with Gasteiger partial charge in [-0.2, -0.15) is 10.4 Å². The van der Waals surface area contributed by atoms with Crippen LogP contribution in [-0.2, 0) is 0 Å². The van der Waals surface area contributed by atoms with Gasteiger partial charge in [-0.3, -0.25) is 9.89 Å². The van der Waals surface area contributed by atoms with Gasteiger partial charge in [0.1, 0.15) is 12.2 Å². The van der Waals surface area contributed by atoms with Crippen LogP contribution in [0.1, 0.15) is 33.9 Å². The number of hydrogen-bond acceptors (Lipinski definition) is 6. The molecule has 1 atom stereocenters. The zero-order valence-electron chi connectivity index (χ0n) is 12.9. The summed E-state index contributed by atoms with van der Waals surface area (Å²) in [4.78, 5) is 22.3. The highest BCUT2D eigenvalue weighted by Crippen LogP contribution is 2.21. The third-order valence-electron chi connectivity index (χ3n) is 3.82. The lowest BCUT2D eigenvalue weighted by Crippen LogP contribution is -2.31. The van der Waals surface area contributed by atoms with Crippen LogP contribution in [0.15, 0.2) is 12.4 Å². The third kappa shape index (κ3) is 2.85. The van der Waals surface area contributed by atoms with E-state index in [1.165, 1.54) is 12.4 Å². The van der Waals surface area contributed by atoms with E-state index in [1.807, 2.05) is 13.0 Å². The maximum atomic E-state index is 12.6. The topological polar surface area (TPSA) is 108 Å². The SMILES string of the molecule is Cc1n[nH]c(C)c1C(=O)N1CC[C@@H](Oc2nccnc2C#N)C1. The number of carbonyl (C=O) groups is 1. The molecule has 8 heteroatoms. The highest BCUT2D eigenvalue weighted by Gasteiger charge is 2.31. The number of likely N-dealkylation sites (tertiary alicyclic amines) is 1. The van der Waals surface area contributed by atoms with Crippen molar-refractivity contribution >= 4 is 5.91 Å². The van der Waals surface area contributed by atoms with Crippen molar-refractivity contribution in [1.82, 2.24) is 25.1 Å². The first kappa shape index (κ1) is 15.0. The number of carbonyl (C=O) groups excluding carboxylic acids is 1. The van der Waals surface area contributed by atoms with Crippen LogP contribution in [0.3, 0.4) is 0 Å². The number of amides is 1. The van der Waals surface area contributed by atoms with Gasteiger partial charge in [-0.05, 0) is 13.8 Å². The van der Waals surface area contributed by atoms with Crippen molar-refractivity contribution in [3.8, 4) is 11.9 Å². The van der Waals surface area contributed by atoms with E-state index in [0.29, 0.717) is 30.8 Å². The van der Waals surface area contributed by atoms with Crippen molar-refractivity contribution in [1.29, 1.82) is 5.26 Å². The van der Waals surface area contributed by atoms with Crippen LogP contribution in [0.5, 0.6) is 5.88 Å². The lowest BCUT2D eigenvalue weighted by Gasteiger charge is -2.17. The van der Waals surface area contributed by atoms with E-state index in [2.05, 4.69) is 20.2 Å². The average molecular weight is 312 g/mol. The van der Waals surface area contributed by atoms with Crippen molar-refractivity contribution in [3.05, 3.63) is 35.0 Å². The van der Waals surface area contributed by atoms with Gasteiger partial charge in [-0.15, -0.1) is 0 Å². The molecule has 2 aromatic heterocycles. The predicted molar refractivity (Wildman–Crippen MR) is 79.7 cm³/mol. The Morgan fingerprint density at radius 2 is 2.22 bits per heavy atom. The molecule has 0 saturated carbocycles. The van der Waals surface area contributed by atoms with Crippen molar-refractivity contribution in [2.45, 2.75) is 26.4 Å².